The lowest BCUT2D eigenvalue weighted by molar-refractivity contribution is -0.0659. The standard InChI is InChI=1S/C28H29NO4/c1-2-25-27(32-20-23-14-8-4-9-15-23)26(31-19-22-12-6-3-7-13-22)18-29(25)28(30)33-21-24-16-10-5-11-17-24/h2-17,25-27H,1,18-21H2/t25-,26-,27-/m0/s1. The summed E-state index contributed by atoms with van der Waals surface area (Å²) in [4.78, 5) is 14.6. The molecule has 3 aromatic carbocycles. The number of nitrogens with zero attached hydrogens (tertiary/aromatic N) is 1. The Balaban J connectivity index is 1.45. The van der Waals surface area contributed by atoms with Crippen LogP contribution in [0.2, 0.25) is 0 Å². The van der Waals surface area contributed by atoms with Gasteiger partial charge in [0.15, 0.2) is 0 Å². The van der Waals surface area contributed by atoms with Crippen LogP contribution in [0.3, 0.4) is 0 Å². The second-order valence-electron chi connectivity index (χ2n) is 8.02. The highest BCUT2D eigenvalue weighted by molar-refractivity contribution is 5.69. The summed E-state index contributed by atoms with van der Waals surface area (Å²) in [6.45, 7) is 5.41. The van der Waals surface area contributed by atoms with Crippen LogP contribution in [0.25, 0.3) is 0 Å². The topological polar surface area (TPSA) is 48.0 Å². The molecule has 1 aliphatic rings. The number of ether oxygens (including phenoxy) is 3. The van der Waals surface area contributed by atoms with E-state index < -0.39 is 6.09 Å². The number of carbonyl (C=O) groups is 1. The highest BCUT2D eigenvalue weighted by Crippen LogP contribution is 2.27. The van der Waals surface area contributed by atoms with Crippen molar-refractivity contribution in [3.63, 3.8) is 0 Å². The van der Waals surface area contributed by atoms with Gasteiger partial charge in [-0.3, -0.25) is 4.90 Å². The van der Waals surface area contributed by atoms with Crippen molar-refractivity contribution in [2.24, 2.45) is 0 Å². The third kappa shape index (κ3) is 6.09. The maximum absolute atomic E-state index is 13.0. The number of rotatable bonds is 9. The van der Waals surface area contributed by atoms with Gasteiger partial charge in [0, 0.05) is 0 Å². The zero-order valence-electron chi connectivity index (χ0n) is 18.6. The molecular formula is C28H29NO4. The quantitative estimate of drug-likeness (QED) is 0.418. The minimum absolute atomic E-state index is 0.213. The van der Waals surface area contributed by atoms with E-state index in [9.17, 15) is 4.79 Å². The van der Waals surface area contributed by atoms with Gasteiger partial charge in [0.1, 0.15) is 18.8 Å². The smallest absolute Gasteiger partial charge is 0.410 e. The van der Waals surface area contributed by atoms with Crippen LogP contribution < -0.4 is 0 Å². The Hall–Kier alpha value is -3.41. The maximum Gasteiger partial charge on any atom is 0.410 e. The molecule has 1 heterocycles. The molecule has 1 saturated heterocycles. The molecule has 3 aromatic rings. The van der Waals surface area contributed by atoms with Crippen molar-refractivity contribution in [3.05, 3.63) is 120 Å². The average Bonchev–Trinajstić information content (AvgIpc) is 3.24. The summed E-state index contributed by atoms with van der Waals surface area (Å²) in [6, 6.07) is 29.2. The van der Waals surface area contributed by atoms with E-state index in [0.717, 1.165) is 16.7 Å². The Bertz CT molecular complexity index is 1010. The molecule has 0 spiro atoms. The van der Waals surface area contributed by atoms with Crippen LogP contribution in [0.15, 0.2) is 104 Å². The molecule has 0 unspecified atom stereocenters. The average molecular weight is 444 g/mol. The Morgan fingerprint density at radius 2 is 1.27 bits per heavy atom. The molecule has 0 bridgehead atoms. The van der Waals surface area contributed by atoms with Crippen molar-refractivity contribution in [2.75, 3.05) is 6.54 Å². The van der Waals surface area contributed by atoms with E-state index >= 15 is 0 Å². The van der Waals surface area contributed by atoms with Gasteiger partial charge in [-0.2, -0.15) is 0 Å². The minimum Gasteiger partial charge on any atom is -0.445 e. The lowest BCUT2D eigenvalue weighted by atomic mass is 10.1. The van der Waals surface area contributed by atoms with Crippen LogP contribution in [0, 0.1) is 0 Å². The first kappa shape index (κ1) is 22.8. The number of amides is 1. The molecule has 1 aliphatic heterocycles. The fraction of sp³-hybridized carbons (Fsp3) is 0.250. The van der Waals surface area contributed by atoms with E-state index in [1.807, 2.05) is 91.0 Å². The van der Waals surface area contributed by atoms with Gasteiger partial charge >= 0.3 is 6.09 Å². The van der Waals surface area contributed by atoms with E-state index in [2.05, 4.69) is 6.58 Å². The highest BCUT2D eigenvalue weighted by Gasteiger charge is 2.45. The molecule has 0 aromatic heterocycles. The predicted molar refractivity (Wildman–Crippen MR) is 127 cm³/mol. The van der Waals surface area contributed by atoms with Crippen LogP contribution in [0.5, 0.6) is 0 Å². The second kappa shape index (κ2) is 11.5. The second-order valence-corrected chi connectivity index (χ2v) is 8.02. The minimum atomic E-state index is -0.400. The molecule has 0 saturated carbocycles. The molecule has 33 heavy (non-hydrogen) atoms. The predicted octanol–water partition coefficient (Wildman–Crippen LogP) is 5.36. The maximum atomic E-state index is 13.0. The Labute approximate surface area is 195 Å². The summed E-state index contributed by atoms with van der Waals surface area (Å²) in [5.41, 5.74) is 3.07. The summed E-state index contributed by atoms with van der Waals surface area (Å²) in [5, 5.41) is 0. The van der Waals surface area contributed by atoms with Crippen LogP contribution in [-0.4, -0.2) is 35.8 Å². The molecular weight excluding hydrogens is 414 g/mol. The molecule has 5 heteroatoms. The molecule has 170 valence electrons. The third-order valence-electron chi connectivity index (χ3n) is 5.71. The van der Waals surface area contributed by atoms with Crippen LogP contribution in [-0.2, 0) is 34.0 Å². The molecule has 1 amide bonds. The zero-order chi connectivity index (χ0) is 22.9. The first-order chi connectivity index (χ1) is 16.2. The lowest BCUT2D eigenvalue weighted by Gasteiger charge is -2.25. The van der Waals surface area contributed by atoms with Gasteiger partial charge in [-0.1, -0.05) is 97.1 Å². The number of carbonyl (C=O) groups excluding carboxylic acids is 1. The van der Waals surface area contributed by atoms with Crippen LogP contribution >= 0.6 is 0 Å². The zero-order valence-corrected chi connectivity index (χ0v) is 18.6. The van der Waals surface area contributed by atoms with Gasteiger partial charge < -0.3 is 14.2 Å². The number of hydrogen-bond acceptors (Lipinski definition) is 4. The fourth-order valence-electron chi connectivity index (χ4n) is 3.97. The van der Waals surface area contributed by atoms with Gasteiger partial charge in [0.05, 0.1) is 25.8 Å². The van der Waals surface area contributed by atoms with Gasteiger partial charge in [-0.25, -0.2) is 4.79 Å². The Kier molecular flexibility index (Phi) is 7.90. The fourth-order valence-corrected chi connectivity index (χ4v) is 3.97. The first-order valence-corrected chi connectivity index (χ1v) is 11.2. The van der Waals surface area contributed by atoms with Crippen molar-refractivity contribution in [1.82, 2.24) is 4.90 Å². The summed E-state index contributed by atoms with van der Waals surface area (Å²) in [5.74, 6) is 0. The Morgan fingerprint density at radius 3 is 1.79 bits per heavy atom. The van der Waals surface area contributed by atoms with Gasteiger partial charge in [-0.15, -0.1) is 6.58 Å². The first-order valence-electron chi connectivity index (χ1n) is 11.2. The van der Waals surface area contributed by atoms with E-state index in [1.54, 1.807) is 11.0 Å². The molecule has 0 radical (unpaired) electrons. The highest BCUT2D eigenvalue weighted by atomic mass is 16.6. The SMILES string of the molecule is C=C[C@H]1[C@H](OCc2ccccc2)[C@@H](OCc2ccccc2)CN1C(=O)OCc1ccccc1. The van der Waals surface area contributed by atoms with E-state index in [0.29, 0.717) is 19.8 Å². The van der Waals surface area contributed by atoms with Crippen molar-refractivity contribution >= 4 is 6.09 Å². The molecule has 4 rings (SSSR count). The molecule has 3 atom stereocenters. The van der Waals surface area contributed by atoms with Gasteiger partial charge in [0.25, 0.3) is 0 Å². The Morgan fingerprint density at radius 1 is 0.788 bits per heavy atom. The van der Waals surface area contributed by atoms with Gasteiger partial charge in [0.2, 0.25) is 0 Å². The number of likely N-dealkylation sites (tertiary alicyclic amines) is 1. The van der Waals surface area contributed by atoms with E-state index in [-0.39, 0.29) is 24.9 Å². The number of benzene rings is 3. The lowest BCUT2D eigenvalue weighted by Crippen LogP contribution is -2.39. The molecule has 5 nitrogen and oxygen atoms in total. The normalized spacial score (nSPS) is 19.9. The summed E-state index contributed by atoms with van der Waals surface area (Å²) < 4.78 is 18.1. The summed E-state index contributed by atoms with van der Waals surface area (Å²) in [6.07, 6.45) is 0.686. The van der Waals surface area contributed by atoms with Crippen LogP contribution in [0.4, 0.5) is 4.79 Å². The summed E-state index contributed by atoms with van der Waals surface area (Å²) in [7, 11) is 0. The van der Waals surface area contributed by atoms with E-state index in [4.69, 9.17) is 14.2 Å². The molecule has 1 fully saturated rings. The van der Waals surface area contributed by atoms with E-state index in [1.165, 1.54) is 0 Å². The van der Waals surface area contributed by atoms with Crippen molar-refractivity contribution < 1.29 is 19.0 Å². The largest absolute Gasteiger partial charge is 0.445 e. The van der Waals surface area contributed by atoms with Crippen molar-refractivity contribution in [1.29, 1.82) is 0 Å². The van der Waals surface area contributed by atoms with Crippen LogP contribution in [0.1, 0.15) is 16.7 Å². The van der Waals surface area contributed by atoms with Gasteiger partial charge in [-0.05, 0) is 16.7 Å². The summed E-state index contributed by atoms with van der Waals surface area (Å²) >= 11 is 0. The van der Waals surface area contributed by atoms with Crippen molar-refractivity contribution in [3.8, 4) is 0 Å². The monoisotopic (exact) mass is 443 g/mol. The molecule has 0 aliphatic carbocycles. The third-order valence-corrected chi connectivity index (χ3v) is 5.71. The number of hydrogen-bond donors (Lipinski definition) is 0. The molecule has 0 N–H and O–H groups in total. The van der Waals surface area contributed by atoms with Crippen molar-refractivity contribution in [2.45, 2.75) is 38.1 Å².